The van der Waals surface area contributed by atoms with Gasteiger partial charge in [0.05, 0.1) is 11.0 Å². The molecule has 0 bridgehead atoms. The minimum absolute atomic E-state index is 0.0102. The van der Waals surface area contributed by atoms with E-state index in [2.05, 4.69) is 5.32 Å². The highest BCUT2D eigenvalue weighted by Gasteiger charge is 2.10. The highest BCUT2D eigenvalue weighted by molar-refractivity contribution is 7.27. The van der Waals surface area contributed by atoms with E-state index in [1.165, 1.54) is 20.7 Å². The van der Waals surface area contributed by atoms with Crippen LogP contribution in [0, 0.1) is 0 Å². The van der Waals surface area contributed by atoms with Gasteiger partial charge in [-0.2, -0.15) is 0 Å². The van der Waals surface area contributed by atoms with Crippen LogP contribution in [0.25, 0.3) is 9.40 Å². The molecular weight excluding hydrogens is 254 g/mol. The summed E-state index contributed by atoms with van der Waals surface area (Å²) in [5, 5.41) is 14.0. The summed E-state index contributed by atoms with van der Waals surface area (Å²) in [6.45, 7) is 2.38. The van der Waals surface area contributed by atoms with Gasteiger partial charge in [0, 0.05) is 15.9 Å². The molecule has 2 N–H and O–H groups in total. The van der Waals surface area contributed by atoms with Crippen LogP contribution in [-0.2, 0) is 0 Å². The summed E-state index contributed by atoms with van der Waals surface area (Å²) in [5.41, 5.74) is 0. The van der Waals surface area contributed by atoms with Gasteiger partial charge in [-0.1, -0.05) is 0 Å². The number of rotatable bonds is 5. The van der Waals surface area contributed by atoms with Gasteiger partial charge >= 0.3 is 0 Å². The topological polar surface area (TPSA) is 49.3 Å². The number of amides is 1. The Kier molecular flexibility index (Phi) is 4.15. The third-order valence-corrected chi connectivity index (χ3v) is 4.54. The Balaban J connectivity index is 1.85. The van der Waals surface area contributed by atoms with Crippen LogP contribution in [0.1, 0.15) is 29.4 Å². The van der Waals surface area contributed by atoms with Gasteiger partial charge in [-0.25, -0.2) is 0 Å². The van der Waals surface area contributed by atoms with E-state index in [0.29, 0.717) is 6.54 Å². The number of hydrogen-bond acceptors (Lipinski definition) is 4. The summed E-state index contributed by atoms with van der Waals surface area (Å²) in [6, 6.07) is 3.98. The van der Waals surface area contributed by atoms with E-state index < -0.39 is 0 Å². The first-order chi connectivity index (χ1) is 8.16. The first-order valence-electron chi connectivity index (χ1n) is 5.60. The zero-order valence-corrected chi connectivity index (χ0v) is 11.2. The Labute approximate surface area is 108 Å². The molecule has 5 heteroatoms. The van der Waals surface area contributed by atoms with Crippen molar-refractivity contribution in [1.82, 2.24) is 5.32 Å². The maximum Gasteiger partial charge on any atom is 0.261 e. The summed E-state index contributed by atoms with van der Waals surface area (Å²) in [5.74, 6) is -0.0102. The Morgan fingerprint density at radius 1 is 1.53 bits per heavy atom. The van der Waals surface area contributed by atoms with Crippen LogP contribution in [0.2, 0.25) is 0 Å². The van der Waals surface area contributed by atoms with Crippen LogP contribution < -0.4 is 5.32 Å². The number of carbonyl (C=O) groups excluding carboxylic acids is 1. The predicted molar refractivity (Wildman–Crippen MR) is 73.0 cm³/mol. The van der Waals surface area contributed by atoms with Crippen molar-refractivity contribution in [1.29, 1.82) is 0 Å². The van der Waals surface area contributed by atoms with E-state index in [-0.39, 0.29) is 12.0 Å². The molecule has 0 aromatic carbocycles. The molecule has 1 amide bonds. The quantitative estimate of drug-likeness (QED) is 0.820. The lowest BCUT2D eigenvalue weighted by Gasteiger charge is -2.05. The van der Waals surface area contributed by atoms with E-state index in [1.807, 2.05) is 17.5 Å². The molecule has 0 fully saturated rings. The lowest BCUT2D eigenvalue weighted by atomic mass is 10.2. The van der Waals surface area contributed by atoms with Crippen molar-refractivity contribution in [3.05, 3.63) is 22.4 Å². The standard InChI is InChI=1S/C12H15NO2S2/c1-8(14)3-2-5-13-12(15)11-7-10-9(17-11)4-6-16-10/h4,6-8,14H,2-3,5H2,1H3,(H,13,15). The normalized spacial score (nSPS) is 12.8. The molecule has 3 nitrogen and oxygen atoms in total. The second-order valence-corrected chi connectivity index (χ2v) is 6.04. The van der Waals surface area contributed by atoms with Gasteiger partial charge in [-0.05, 0) is 37.3 Å². The summed E-state index contributed by atoms with van der Waals surface area (Å²) >= 11 is 3.18. The van der Waals surface area contributed by atoms with Gasteiger partial charge in [-0.3, -0.25) is 4.79 Å². The molecule has 2 aromatic heterocycles. The van der Waals surface area contributed by atoms with E-state index >= 15 is 0 Å². The SMILES string of the molecule is CC(O)CCCNC(=O)c1cc2sccc2s1. The summed E-state index contributed by atoms with van der Waals surface area (Å²) in [6.07, 6.45) is 1.24. The highest BCUT2D eigenvalue weighted by atomic mass is 32.1. The molecule has 92 valence electrons. The van der Waals surface area contributed by atoms with Crippen LogP contribution in [0.5, 0.6) is 0 Å². The summed E-state index contributed by atoms with van der Waals surface area (Å²) < 4.78 is 2.34. The smallest absolute Gasteiger partial charge is 0.261 e. The fraction of sp³-hybridized carbons (Fsp3) is 0.417. The van der Waals surface area contributed by atoms with E-state index in [0.717, 1.165) is 17.7 Å². The molecule has 0 radical (unpaired) electrons. The minimum atomic E-state index is -0.293. The van der Waals surface area contributed by atoms with Crippen LogP contribution >= 0.6 is 22.7 Å². The first-order valence-corrected chi connectivity index (χ1v) is 7.30. The van der Waals surface area contributed by atoms with E-state index in [9.17, 15) is 4.79 Å². The van der Waals surface area contributed by atoms with Gasteiger partial charge in [0.2, 0.25) is 0 Å². The van der Waals surface area contributed by atoms with Gasteiger partial charge in [0.1, 0.15) is 0 Å². The molecule has 0 spiro atoms. The second-order valence-electron chi connectivity index (χ2n) is 4.01. The van der Waals surface area contributed by atoms with Gasteiger partial charge in [0.25, 0.3) is 5.91 Å². The second kappa shape index (κ2) is 5.62. The maximum absolute atomic E-state index is 11.8. The minimum Gasteiger partial charge on any atom is -0.393 e. The number of nitrogens with one attached hydrogen (secondary N) is 1. The third-order valence-electron chi connectivity index (χ3n) is 2.45. The molecule has 17 heavy (non-hydrogen) atoms. The number of carbonyl (C=O) groups is 1. The molecule has 2 heterocycles. The van der Waals surface area contributed by atoms with Crippen molar-refractivity contribution in [2.24, 2.45) is 0 Å². The number of hydrogen-bond donors (Lipinski definition) is 2. The first kappa shape index (κ1) is 12.5. The molecule has 0 aliphatic rings. The summed E-state index contributed by atoms with van der Waals surface area (Å²) in [4.78, 5) is 12.6. The average molecular weight is 269 g/mol. The van der Waals surface area contributed by atoms with Crippen molar-refractivity contribution >= 4 is 38.0 Å². The van der Waals surface area contributed by atoms with Gasteiger partial charge in [0.15, 0.2) is 0 Å². The Hall–Kier alpha value is -0.910. The lowest BCUT2D eigenvalue weighted by molar-refractivity contribution is 0.0954. The molecule has 0 aliphatic carbocycles. The molecule has 0 aliphatic heterocycles. The molecule has 1 atom stereocenters. The fourth-order valence-electron chi connectivity index (χ4n) is 1.56. The van der Waals surface area contributed by atoms with Crippen LogP contribution in [0.3, 0.4) is 0 Å². The van der Waals surface area contributed by atoms with Crippen LogP contribution in [0.4, 0.5) is 0 Å². The Morgan fingerprint density at radius 2 is 2.35 bits per heavy atom. The monoisotopic (exact) mass is 269 g/mol. The van der Waals surface area contributed by atoms with Gasteiger partial charge < -0.3 is 10.4 Å². The zero-order chi connectivity index (χ0) is 12.3. The zero-order valence-electron chi connectivity index (χ0n) is 9.60. The van der Waals surface area contributed by atoms with E-state index in [1.54, 1.807) is 18.3 Å². The third kappa shape index (κ3) is 3.28. The van der Waals surface area contributed by atoms with Crippen LogP contribution in [-0.4, -0.2) is 23.7 Å². The number of fused-ring (bicyclic) bond motifs is 1. The largest absolute Gasteiger partial charge is 0.393 e. The molecule has 0 saturated heterocycles. The van der Waals surface area contributed by atoms with Crippen molar-refractivity contribution in [3.63, 3.8) is 0 Å². The maximum atomic E-state index is 11.8. The molecular formula is C12H15NO2S2. The Bertz CT molecular complexity index is 473. The molecule has 0 saturated carbocycles. The summed E-state index contributed by atoms with van der Waals surface area (Å²) in [7, 11) is 0. The van der Waals surface area contributed by atoms with Crippen molar-refractivity contribution in [3.8, 4) is 0 Å². The fourth-order valence-corrected chi connectivity index (χ4v) is 3.59. The van der Waals surface area contributed by atoms with Crippen molar-refractivity contribution < 1.29 is 9.90 Å². The average Bonchev–Trinajstić information content (AvgIpc) is 2.83. The lowest BCUT2D eigenvalue weighted by Crippen LogP contribution is -2.24. The van der Waals surface area contributed by atoms with Gasteiger partial charge in [-0.15, -0.1) is 22.7 Å². The highest BCUT2D eigenvalue weighted by Crippen LogP contribution is 2.29. The number of aliphatic hydroxyl groups is 1. The number of thiophene rings is 2. The van der Waals surface area contributed by atoms with Crippen LogP contribution in [0.15, 0.2) is 17.5 Å². The van der Waals surface area contributed by atoms with E-state index in [4.69, 9.17) is 5.11 Å². The van der Waals surface area contributed by atoms with Crippen molar-refractivity contribution in [2.45, 2.75) is 25.9 Å². The predicted octanol–water partition coefficient (Wildman–Crippen LogP) is 2.85. The Morgan fingerprint density at radius 3 is 3.06 bits per heavy atom. The molecule has 2 aromatic rings. The number of aliphatic hydroxyl groups excluding tert-OH is 1. The molecule has 2 rings (SSSR count). The van der Waals surface area contributed by atoms with Crippen molar-refractivity contribution in [2.75, 3.05) is 6.54 Å². The molecule has 1 unspecified atom stereocenters.